The number of ether oxygens (including phenoxy) is 1. The molecule has 1 amide bonds. The van der Waals surface area contributed by atoms with Crippen molar-refractivity contribution in [2.75, 3.05) is 7.11 Å². The number of hydrogen-bond acceptors (Lipinski definition) is 2. The summed E-state index contributed by atoms with van der Waals surface area (Å²) in [6.45, 7) is 1.80. The summed E-state index contributed by atoms with van der Waals surface area (Å²) in [5.41, 5.74) is 0.340. The number of halogens is 1. The lowest BCUT2D eigenvalue weighted by molar-refractivity contribution is 0.0940. The fourth-order valence-electron chi connectivity index (χ4n) is 1.34. The van der Waals surface area contributed by atoms with E-state index in [0.717, 1.165) is 0 Å². The van der Waals surface area contributed by atoms with E-state index >= 15 is 0 Å². The lowest BCUT2D eigenvalue weighted by atomic mass is 10.1. The molecule has 0 aliphatic carbocycles. The standard InChI is InChI=1S/C13H14FNO2/c1-4-5-9(2)15-13(16)10-6-7-11(14)12(8-10)17-3/h1,6-9H,5H2,2-3H3,(H,15,16). The van der Waals surface area contributed by atoms with Crippen LogP contribution in [-0.4, -0.2) is 19.1 Å². The smallest absolute Gasteiger partial charge is 0.251 e. The van der Waals surface area contributed by atoms with Gasteiger partial charge >= 0.3 is 0 Å². The van der Waals surface area contributed by atoms with Crippen LogP contribution in [0.25, 0.3) is 0 Å². The van der Waals surface area contributed by atoms with Gasteiger partial charge in [0.15, 0.2) is 11.6 Å². The summed E-state index contributed by atoms with van der Waals surface area (Å²) in [4.78, 5) is 11.8. The highest BCUT2D eigenvalue weighted by Gasteiger charge is 2.11. The molecule has 1 aromatic rings. The third-order valence-electron chi connectivity index (χ3n) is 2.21. The predicted octanol–water partition coefficient (Wildman–Crippen LogP) is 1.98. The summed E-state index contributed by atoms with van der Waals surface area (Å²) in [7, 11) is 1.35. The second kappa shape index (κ2) is 5.90. The molecule has 0 aromatic heterocycles. The van der Waals surface area contributed by atoms with E-state index in [9.17, 15) is 9.18 Å². The first kappa shape index (κ1) is 13.0. The number of terminal acetylenes is 1. The van der Waals surface area contributed by atoms with Gasteiger partial charge < -0.3 is 10.1 Å². The molecule has 0 fully saturated rings. The van der Waals surface area contributed by atoms with Gasteiger partial charge in [-0.1, -0.05) is 0 Å². The monoisotopic (exact) mass is 235 g/mol. The summed E-state index contributed by atoms with van der Waals surface area (Å²) in [5, 5.41) is 2.71. The molecule has 90 valence electrons. The fourth-order valence-corrected chi connectivity index (χ4v) is 1.34. The van der Waals surface area contributed by atoms with Gasteiger partial charge in [0.25, 0.3) is 5.91 Å². The number of methoxy groups -OCH3 is 1. The van der Waals surface area contributed by atoms with Crippen LogP contribution in [0.2, 0.25) is 0 Å². The molecule has 0 heterocycles. The Bertz CT molecular complexity index is 451. The van der Waals surface area contributed by atoms with E-state index in [1.165, 1.54) is 25.3 Å². The molecule has 0 bridgehead atoms. The maximum Gasteiger partial charge on any atom is 0.251 e. The van der Waals surface area contributed by atoms with Crippen LogP contribution in [0.4, 0.5) is 4.39 Å². The maximum absolute atomic E-state index is 13.1. The Morgan fingerprint density at radius 3 is 2.94 bits per heavy atom. The summed E-state index contributed by atoms with van der Waals surface area (Å²) in [5.74, 6) is 1.70. The van der Waals surface area contributed by atoms with Crippen molar-refractivity contribution < 1.29 is 13.9 Å². The van der Waals surface area contributed by atoms with Gasteiger partial charge in [-0.2, -0.15) is 0 Å². The molecular weight excluding hydrogens is 221 g/mol. The van der Waals surface area contributed by atoms with Crippen LogP contribution in [0, 0.1) is 18.2 Å². The Morgan fingerprint density at radius 1 is 1.65 bits per heavy atom. The van der Waals surface area contributed by atoms with E-state index in [2.05, 4.69) is 11.2 Å². The van der Waals surface area contributed by atoms with E-state index < -0.39 is 5.82 Å². The second-order valence-corrected chi connectivity index (χ2v) is 3.63. The lowest BCUT2D eigenvalue weighted by Gasteiger charge is -2.11. The van der Waals surface area contributed by atoms with Crippen molar-refractivity contribution in [2.24, 2.45) is 0 Å². The van der Waals surface area contributed by atoms with E-state index in [1.54, 1.807) is 6.92 Å². The molecule has 0 saturated heterocycles. The van der Waals surface area contributed by atoms with Crippen LogP contribution < -0.4 is 10.1 Å². The van der Waals surface area contributed by atoms with Gasteiger partial charge in [-0.25, -0.2) is 4.39 Å². The van der Waals surface area contributed by atoms with E-state index in [1.807, 2.05) is 0 Å². The van der Waals surface area contributed by atoms with E-state index in [-0.39, 0.29) is 17.7 Å². The average Bonchev–Trinajstić information content (AvgIpc) is 2.29. The van der Waals surface area contributed by atoms with Crippen molar-refractivity contribution in [3.05, 3.63) is 29.6 Å². The number of hydrogen-bond donors (Lipinski definition) is 1. The van der Waals surface area contributed by atoms with E-state index in [4.69, 9.17) is 11.2 Å². The van der Waals surface area contributed by atoms with Crippen molar-refractivity contribution in [2.45, 2.75) is 19.4 Å². The third kappa shape index (κ3) is 3.49. The molecule has 0 aliphatic heterocycles. The van der Waals surface area contributed by atoms with Gasteiger partial charge in [-0.05, 0) is 25.1 Å². The first-order chi connectivity index (χ1) is 8.08. The predicted molar refractivity (Wildman–Crippen MR) is 63.3 cm³/mol. The minimum atomic E-state index is -0.499. The summed E-state index contributed by atoms with van der Waals surface area (Å²) < 4.78 is 17.9. The Balaban J connectivity index is 2.79. The molecule has 1 unspecified atom stereocenters. The van der Waals surface area contributed by atoms with Gasteiger partial charge in [0.2, 0.25) is 0 Å². The Labute approximate surface area is 100.0 Å². The van der Waals surface area contributed by atoms with Gasteiger partial charge in [-0.15, -0.1) is 12.3 Å². The molecule has 17 heavy (non-hydrogen) atoms. The average molecular weight is 235 g/mol. The Morgan fingerprint density at radius 2 is 2.35 bits per heavy atom. The summed E-state index contributed by atoms with van der Waals surface area (Å²) >= 11 is 0. The largest absolute Gasteiger partial charge is 0.494 e. The van der Waals surface area contributed by atoms with Crippen molar-refractivity contribution in [1.82, 2.24) is 5.32 Å². The van der Waals surface area contributed by atoms with Crippen LogP contribution in [0.1, 0.15) is 23.7 Å². The second-order valence-electron chi connectivity index (χ2n) is 3.63. The molecular formula is C13H14FNO2. The maximum atomic E-state index is 13.1. The van der Waals surface area contributed by atoms with Crippen molar-refractivity contribution in [3.63, 3.8) is 0 Å². The molecule has 0 radical (unpaired) electrons. The molecule has 4 heteroatoms. The minimum Gasteiger partial charge on any atom is -0.494 e. The van der Waals surface area contributed by atoms with Gasteiger partial charge in [0, 0.05) is 18.0 Å². The van der Waals surface area contributed by atoms with Crippen LogP contribution in [0.5, 0.6) is 5.75 Å². The van der Waals surface area contributed by atoms with Crippen LogP contribution in [-0.2, 0) is 0 Å². The van der Waals surface area contributed by atoms with Gasteiger partial charge in [-0.3, -0.25) is 4.79 Å². The highest BCUT2D eigenvalue weighted by molar-refractivity contribution is 5.94. The molecule has 1 atom stereocenters. The molecule has 1 rings (SSSR count). The van der Waals surface area contributed by atoms with Gasteiger partial charge in [0.1, 0.15) is 0 Å². The number of benzene rings is 1. The van der Waals surface area contributed by atoms with Crippen LogP contribution in [0.3, 0.4) is 0 Å². The van der Waals surface area contributed by atoms with Crippen LogP contribution >= 0.6 is 0 Å². The molecule has 0 saturated carbocycles. The molecule has 3 nitrogen and oxygen atoms in total. The molecule has 0 spiro atoms. The minimum absolute atomic E-state index is 0.0438. The van der Waals surface area contributed by atoms with E-state index in [0.29, 0.717) is 12.0 Å². The van der Waals surface area contributed by atoms with Crippen molar-refractivity contribution >= 4 is 5.91 Å². The van der Waals surface area contributed by atoms with Crippen LogP contribution in [0.15, 0.2) is 18.2 Å². The number of rotatable bonds is 4. The Hall–Kier alpha value is -2.02. The zero-order chi connectivity index (χ0) is 12.8. The van der Waals surface area contributed by atoms with Crippen molar-refractivity contribution in [3.8, 4) is 18.1 Å². The number of carbonyl (C=O) groups is 1. The zero-order valence-corrected chi connectivity index (χ0v) is 9.79. The summed E-state index contributed by atoms with van der Waals surface area (Å²) in [6.07, 6.45) is 5.59. The normalized spacial score (nSPS) is 11.4. The highest BCUT2D eigenvalue weighted by atomic mass is 19.1. The summed E-state index contributed by atoms with van der Waals surface area (Å²) in [6, 6.07) is 3.83. The number of amides is 1. The zero-order valence-electron chi connectivity index (χ0n) is 9.79. The highest BCUT2D eigenvalue weighted by Crippen LogP contribution is 2.18. The SMILES string of the molecule is C#CCC(C)NC(=O)c1ccc(F)c(OC)c1. The topological polar surface area (TPSA) is 38.3 Å². The first-order valence-electron chi connectivity index (χ1n) is 5.16. The Kier molecular flexibility index (Phi) is 4.53. The molecule has 1 aromatic carbocycles. The third-order valence-corrected chi connectivity index (χ3v) is 2.21. The first-order valence-corrected chi connectivity index (χ1v) is 5.16. The fraction of sp³-hybridized carbons (Fsp3) is 0.308. The lowest BCUT2D eigenvalue weighted by Crippen LogP contribution is -2.32. The number of carbonyl (C=O) groups excluding carboxylic acids is 1. The number of nitrogens with one attached hydrogen (secondary N) is 1. The molecule has 1 N–H and O–H groups in total. The molecule has 0 aliphatic rings. The van der Waals surface area contributed by atoms with Gasteiger partial charge in [0.05, 0.1) is 7.11 Å². The van der Waals surface area contributed by atoms with Crippen molar-refractivity contribution in [1.29, 1.82) is 0 Å². The quantitative estimate of drug-likeness (QED) is 0.810.